The van der Waals surface area contributed by atoms with Crippen molar-refractivity contribution in [2.45, 2.75) is 38.5 Å². The zero-order valence-corrected chi connectivity index (χ0v) is 12.9. The molecule has 19 heavy (non-hydrogen) atoms. The van der Waals surface area contributed by atoms with Crippen molar-refractivity contribution < 1.29 is 4.79 Å². The minimum absolute atomic E-state index is 0.263. The predicted molar refractivity (Wildman–Crippen MR) is 83.5 cm³/mol. The minimum atomic E-state index is 0.263. The van der Waals surface area contributed by atoms with Crippen LogP contribution in [0.2, 0.25) is 0 Å². The summed E-state index contributed by atoms with van der Waals surface area (Å²) < 4.78 is 0. The van der Waals surface area contributed by atoms with Crippen LogP contribution in [-0.4, -0.2) is 29.6 Å². The Kier molecular flexibility index (Phi) is 6.78. The Labute approximate surface area is 120 Å². The number of aryl methyl sites for hydroxylation is 1. The number of nitrogens with two attached hydrogens (primary N) is 1. The third-order valence-corrected chi connectivity index (χ3v) is 4.24. The fourth-order valence-electron chi connectivity index (χ4n) is 1.89. The van der Waals surface area contributed by atoms with Gasteiger partial charge in [0.15, 0.2) is 0 Å². The SMILES string of the molecule is CCN(CC)C(=O)CCCSc1ccc(N)c(C)c1. The number of thioether (sulfide) groups is 1. The van der Waals surface area contributed by atoms with Crippen LogP contribution in [0.1, 0.15) is 32.3 Å². The molecule has 4 heteroatoms. The Bertz CT molecular complexity index is 417. The number of carbonyl (C=O) groups is 1. The number of hydrogen-bond donors (Lipinski definition) is 1. The van der Waals surface area contributed by atoms with Crippen LogP contribution >= 0.6 is 11.8 Å². The molecule has 0 atom stereocenters. The monoisotopic (exact) mass is 280 g/mol. The topological polar surface area (TPSA) is 46.3 Å². The van der Waals surface area contributed by atoms with Crippen LogP contribution < -0.4 is 5.73 Å². The van der Waals surface area contributed by atoms with Crippen molar-refractivity contribution in [3.8, 4) is 0 Å². The van der Waals surface area contributed by atoms with Crippen molar-refractivity contribution in [1.82, 2.24) is 4.90 Å². The molecule has 0 bridgehead atoms. The largest absolute Gasteiger partial charge is 0.399 e. The fourth-order valence-corrected chi connectivity index (χ4v) is 2.83. The van der Waals surface area contributed by atoms with E-state index in [1.807, 2.05) is 37.8 Å². The van der Waals surface area contributed by atoms with E-state index < -0.39 is 0 Å². The van der Waals surface area contributed by atoms with Crippen molar-refractivity contribution in [2.75, 3.05) is 24.6 Å². The van der Waals surface area contributed by atoms with Gasteiger partial charge in [0, 0.05) is 30.1 Å². The highest BCUT2D eigenvalue weighted by Gasteiger charge is 2.08. The molecular weight excluding hydrogens is 256 g/mol. The lowest BCUT2D eigenvalue weighted by Gasteiger charge is -2.18. The first kappa shape index (κ1) is 15.9. The van der Waals surface area contributed by atoms with Gasteiger partial charge in [-0.05, 0) is 56.7 Å². The summed E-state index contributed by atoms with van der Waals surface area (Å²) in [6.45, 7) is 7.67. The molecule has 0 aliphatic carbocycles. The van der Waals surface area contributed by atoms with Crippen LogP contribution in [0, 0.1) is 6.92 Å². The van der Waals surface area contributed by atoms with Crippen molar-refractivity contribution in [1.29, 1.82) is 0 Å². The number of nitrogen functional groups attached to an aromatic ring is 1. The first-order chi connectivity index (χ1) is 9.08. The van der Waals surface area contributed by atoms with E-state index in [1.54, 1.807) is 11.8 Å². The summed E-state index contributed by atoms with van der Waals surface area (Å²) in [4.78, 5) is 14.9. The number of rotatable bonds is 7. The molecule has 0 spiro atoms. The van der Waals surface area contributed by atoms with Crippen molar-refractivity contribution in [3.05, 3.63) is 23.8 Å². The normalized spacial score (nSPS) is 10.5. The lowest BCUT2D eigenvalue weighted by molar-refractivity contribution is -0.130. The van der Waals surface area contributed by atoms with Crippen molar-refractivity contribution in [2.24, 2.45) is 0 Å². The molecule has 1 amide bonds. The molecule has 0 radical (unpaired) electrons. The number of anilines is 1. The molecule has 0 unspecified atom stereocenters. The fraction of sp³-hybridized carbons (Fsp3) is 0.533. The maximum Gasteiger partial charge on any atom is 0.222 e. The van der Waals surface area contributed by atoms with Gasteiger partial charge < -0.3 is 10.6 Å². The third kappa shape index (κ3) is 5.15. The number of benzene rings is 1. The van der Waals surface area contributed by atoms with Gasteiger partial charge in [-0.15, -0.1) is 11.8 Å². The molecule has 106 valence electrons. The maximum absolute atomic E-state index is 11.8. The summed E-state index contributed by atoms with van der Waals surface area (Å²) in [5.41, 5.74) is 7.74. The quantitative estimate of drug-likeness (QED) is 0.473. The predicted octanol–water partition coefficient (Wildman–Crippen LogP) is 3.32. The van der Waals surface area contributed by atoms with Crippen molar-refractivity contribution >= 4 is 23.4 Å². The van der Waals surface area contributed by atoms with E-state index in [1.165, 1.54) is 4.90 Å². The lowest BCUT2D eigenvalue weighted by atomic mass is 10.2. The number of hydrogen-bond acceptors (Lipinski definition) is 3. The number of amides is 1. The Hall–Kier alpha value is -1.16. The summed E-state index contributed by atoms with van der Waals surface area (Å²) in [7, 11) is 0. The number of carbonyl (C=O) groups excluding carboxylic acids is 1. The first-order valence-electron chi connectivity index (χ1n) is 6.85. The maximum atomic E-state index is 11.8. The van der Waals surface area contributed by atoms with Crippen LogP contribution in [0.25, 0.3) is 0 Å². The summed E-state index contributed by atoms with van der Waals surface area (Å²) >= 11 is 1.79. The zero-order valence-electron chi connectivity index (χ0n) is 12.1. The highest BCUT2D eigenvalue weighted by molar-refractivity contribution is 7.99. The second-order valence-electron chi connectivity index (χ2n) is 4.54. The van der Waals surface area contributed by atoms with E-state index in [2.05, 4.69) is 6.07 Å². The van der Waals surface area contributed by atoms with Gasteiger partial charge >= 0.3 is 0 Å². The second kappa shape index (κ2) is 8.10. The van der Waals surface area contributed by atoms with Gasteiger partial charge in [-0.1, -0.05) is 0 Å². The van der Waals surface area contributed by atoms with Gasteiger partial charge in [0.25, 0.3) is 0 Å². The van der Waals surface area contributed by atoms with Crippen LogP contribution in [0.5, 0.6) is 0 Å². The van der Waals surface area contributed by atoms with Gasteiger partial charge in [-0.2, -0.15) is 0 Å². The summed E-state index contributed by atoms with van der Waals surface area (Å²) in [5, 5.41) is 0. The molecule has 0 heterocycles. The van der Waals surface area contributed by atoms with Gasteiger partial charge in [0.2, 0.25) is 5.91 Å². The van der Waals surface area contributed by atoms with Crippen LogP contribution in [0.15, 0.2) is 23.1 Å². The summed E-state index contributed by atoms with van der Waals surface area (Å²) in [5.74, 6) is 1.23. The van der Waals surface area contributed by atoms with Gasteiger partial charge in [-0.25, -0.2) is 0 Å². The van der Waals surface area contributed by atoms with E-state index in [-0.39, 0.29) is 5.91 Å². The van der Waals surface area contributed by atoms with Gasteiger partial charge in [0.05, 0.1) is 0 Å². The van der Waals surface area contributed by atoms with E-state index in [0.29, 0.717) is 6.42 Å². The molecule has 0 aliphatic heterocycles. The van der Waals surface area contributed by atoms with Crippen LogP contribution in [-0.2, 0) is 4.79 Å². The van der Waals surface area contributed by atoms with E-state index in [0.717, 1.165) is 36.5 Å². The molecule has 0 saturated carbocycles. The molecule has 3 nitrogen and oxygen atoms in total. The number of nitrogens with zero attached hydrogens (tertiary/aromatic N) is 1. The Morgan fingerprint density at radius 3 is 2.58 bits per heavy atom. The molecule has 0 fully saturated rings. The average molecular weight is 280 g/mol. The van der Waals surface area contributed by atoms with Crippen molar-refractivity contribution in [3.63, 3.8) is 0 Å². The highest BCUT2D eigenvalue weighted by Crippen LogP contribution is 2.23. The van der Waals surface area contributed by atoms with E-state index in [9.17, 15) is 4.79 Å². The smallest absolute Gasteiger partial charge is 0.222 e. The summed E-state index contributed by atoms with van der Waals surface area (Å²) in [6.07, 6.45) is 1.56. The summed E-state index contributed by atoms with van der Waals surface area (Å²) in [6, 6.07) is 6.09. The molecule has 0 aromatic heterocycles. The first-order valence-corrected chi connectivity index (χ1v) is 7.83. The standard InChI is InChI=1S/C15H24N2OS/c1-4-17(5-2)15(18)7-6-10-19-13-8-9-14(16)12(3)11-13/h8-9,11H,4-7,10,16H2,1-3H3. The third-order valence-electron chi connectivity index (χ3n) is 3.16. The molecular formula is C15H24N2OS. The molecule has 2 N–H and O–H groups in total. The zero-order chi connectivity index (χ0) is 14.3. The lowest BCUT2D eigenvalue weighted by Crippen LogP contribution is -2.30. The molecule has 1 aromatic rings. The molecule has 0 aliphatic rings. The van der Waals surface area contributed by atoms with Crippen LogP contribution in [0.3, 0.4) is 0 Å². The second-order valence-corrected chi connectivity index (χ2v) is 5.70. The molecule has 1 rings (SSSR count). The van der Waals surface area contributed by atoms with Gasteiger partial charge in [0.1, 0.15) is 0 Å². The van der Waals surface area contributed by atoms with Gasteiger partial charge in [-0.3, -0.25) is 4.79 Å². The minimum Gasteiger partial charge on any atom is -0.399 e. The van der Waals surface area contributed by atoms with Crippen LogP contribution in [0.4, 0.5) is 5.69 Å². The highest BCUT2D eigenvalue weighted by atomic mass is 32.2. The van der Waals surface area contributed by atoms with E-state index >= 15 is 0 Å². The average Bonchev–Trinajstić information content (AvgIpc) is 2.40. The Morgan fingerprint density at radius 1 is 1.32 bits per heavy atom. The van der Waals surface area contributed by atoms with E-state index in [4.69, 9.17) is 5.73 Å². The molecule has 1 aromatic carbocycles. The Morgan fingerprint density at radius 2 is 2.00 bits per heavy atom. The molecule has 0 saturated heterocycles. The Balaban J connectivity index is 2.31.